The van der Waals surface area contributed by atoms with Gasteiger partial charge in [-0.3, -0.25) is 9.78 Å². The fourth-order valence-electron chi connectivity index (χ4n) is 2.02. The van der Waals surface area contributed by atoms with E-state index in [-0.39, 0.29) is 12.0 Å². The normalized spacial score (nSPS) is 12.0. The molecule has 0 radical (unpaired) electrons. The van der Waals surface area contributed by atoms with Gasteiger partial charge in [0.25, 0.3) is 5.91 Å². The fraction of sp³-hybridized carbons (Fsp3) is 0.294. The molecule has 5 heteroatoms. The van der Waals surface area contributed by atoms with Crippen LogP contribution in [0.3, 0.4) is 0 Å². The van der Waals surface area contributed by atoms with Gasteiger partial charge >= 0.3 is 0 Å². The number of aliphatic hydroxyl groups is 1. The van der Waals surface area contributed by atoms with Crippen molar-refractivity contribution >= 4 is 17.5 Å². The van der Waals surface area contributed by atoms with Crippen molar-refractivity contribution in [2.24, 2.45) is 0 Å². The van der Waals surface area contributed by atoms with Gasteiger partial charge in [-0.1, -0.05) is 30.7 Å². The van der Waals surface area contributed by atoms with Gasteiger partial charge in [0, 0.05) is 29.5 Å². The van der Waals surface area contributed by atoms with Crippen LogP contribution in [0.1, 0.15) is 30.1 Å². The molecule has 0 aliphatic carbocycles. The maximum absolute atomic E-state index is 12.1. The number of hydrogen-bond donors (Lipinski definition) is 2. The van der Waals surface area contributed by atoms with E-state index >= 15 is 0 Å². The molecule has 2 aromatic rings. The van der Waals surface area contributed by atoms with Crippen LogP contribution in [-0.4, -0.2) is 28.6 Å². The monoisotopic (exact) mass is 318 g/mol. The number of nitrogens with one attached hydrogen (secondary N) is 1. The number of benzene rings is 1. The lowest BCUT2D eigenvalue weighted by molar-refractivity contribution is 0.0941. The summed E-state index contributed by atoms with van der Waals surface area (Å²) in [5.41, 5.74) is 2.31. The van der Waals surface area contributed by atoms with Crippen molar-refractivity contribution in [3.05, 3.63) is 53.3 Å². The van der Waals surface area contributed by atoms with Crippen LogP contribution in [0.25, 0.3) is 11.1 Å². The summed E-state index contributed by atoms with van der Waals surface area (Å²) >= 11 is 5.88. The number of halogens is 1. The average Bonchev–Trinajstić information content (AvgIpc) is 2.55. The Morgan fingerprint density at radius 1 is 1.27 bits per heavy atom. The van der Waals surface area contributed by atoms with Gasteiger partial charge in [0.2, 0.25) is 0 Å². The lowest BCUT2D eigenvalue weighted by Gasteiger charge is -2.09. The Balaban J connectivity index is 2.04. The van der Waals surface area contributed by atoms with Crippen LogP contribution in [0, 0.1) is 0 Å². The van der Waals surface area contributed by atoms with Crippen molar-refractivity contribution in [3.63, 3.8) is 0 Å². The van der Waals surface area contributed by atoms with Crippen molar-refractivity contribution < 1.29 is 9.90 Å². The molecule has 1 aromatic heterocycles. The van der Waals surface area contributed by atoms with Crippen molar-refractivity contribution in [1.82, 2.24) is 10.3 Å². The summed E-state index contributed by atoms with van der Waals surface area (Å²) in [4.78, 5) is 16.2. The molecule has 0 aliphatic heterocycles. The van der Waals surface area contributed by atoms with Crippen LogP contribution < -0.4 is 5.32 Å². The summed E-state index contributed by atoms with van der Waals surface area (Å²) in [5.74, 6) is -0.188. The Morgan fingerprint density at radius 3 is 2.68 bits per heavy atom. The molecule has 1 amide bonds. The van der Waals surface area contributed by atoms with E-state index in [1.165, 1.54) is 6.20 Å². The summed E-state index contributed by atoms with van der Waals surface area (Å²) in [7, 11) is 0. The number of nitrogens with zero attached hydrogens (tertiary/aromatic N) is 1. The van der Waals surface area contributed by atoms with E-state index in [1.54, 1.807) is 24.4 Å². The van der Waals surface area contributed by atoms with Gasteiger partial charge in [-0.15, -0.1) is 0 Å². The molecule has 0 spiro atoms. The SMILES string of the molecule is CCC(O)CCNC(=O)c1cncc(-c2ccc(Cl)cc2)c1. The van der Waals surface area contributed by atoms with Crippen LogP contribution in [0.5, 0.6) is 0 Å². The highest BCUT2D eigenvalue weighted by Crippen LogP contribution is 2.21. The van der Waals surface area contributed by atoms with Crippen molar-refractivity contribution in [3.8, 4) is 11.1 Å². The molecule has 2 N–H and O–H groups in total. The van der Waals surface area contributed by atoms with Crippen LogP contribution in [0.4, 0.5) is 0 Å². The molecule has 1 unspecified atom stereocenters. The topological polar surface area (TPSA) is 62.2 Å². The van der Waals surface area contributed by atoms with Gasteiger partial charge in [-0.25, -0.2) is 0 Å². The predicted molar refractivity (Wildman–Crippen MR) is 87.9 cm³/mol. The highest BCUT2D eigenvalue weighted by atomic mass is 35.5. The zero-order valence-corrected chi connectivity index (χ0v) is 13.2. The van der Waals surface area contributed by atoms with Gasteiger partial charge < -0.3 is 10.4 Å². The van der Waals surface area contributed by atoms with Gasteiger partial charge in [0.15, 0.2) is 0 Å². The van der Waals surface area contributed by atoms with E-state index in [1.807, 2.05) is 19.1 Å². The quantitative estimate of drug-likeness (QED) is 0.859. The number of aliphatic hydroxyl groups excluding tert-OH is 1. The van der Waals surface area contributed by atoms with Crippen molar-refractivity contribution in [2.75, 3.05) is 6.54 Å². The third-order valence-corrected chi connectivity index (χ3v) is 3.66. The third-order valence-electron chi connectivity index (χ3n) is 3.41. The fourth-order valence-corrected chi connectivity index (χ4v) is 2.15. The number of amides is 1. The molecule has 0 saturated carbocycles. The lowest BCUT2D eigenvalue weighted by Crippen LogP contribution is -2.27. The minimum atomic E-state index is -0.376. The molecule has 1 heterocycles. The Morgan fingerprint density at radius 2 is 2.00 bits per heavy atom. The minimum absolute atomic E-state index is 0.188. The van der Waals surface area contributed by atoms with Crippen LogP contribution >= 0.6 is 11.6 Å². The maximum atomic E-state index is 12.1. The molecular formula is C17H19ClN2O2. The molecule has 1 atom stereocenters. The lowest BCUT2D eigenvalue weighted by atomic mass is 10.1. The van der Waals surface area contributed by atoms with E-state index < -0.39 is 0 Å². The number of aromatic nitrogens is 1. The first-order valence-corrected chi connectivity index (χ1v) is 7.65. The summed E-state index contributed by atoms with van der Waals surface area (Å²) in [6.45, 7) is 2.35. The van der Waals surface area contributed by atoms with Crippen molar-refractivity contribution in [2.45, 2.75) is 25.9 Å². The van der Waals surface area contributed by atoms with Gasteiger partial charge in [0.05, 0.1) is 11.7 Å². The zero-order valence-electron chi connectivity index (χ0n) is 12.4. The minimum Gasteiger partial charge on any atom is -0.393 e. The summed E-state index contributed by atoms with van der Waals surface area (Å²) < 4.78 is 0. The first kappa shape index (κ1) is 16.5. The first-order valence-electron chi connectivity index (χ1n) is 7.27. The maximum Gasteiger partial charge on any atom is 0.252 e. The number of carbonyl (C=O) groups excluding carboxylic acids is 1. The molecule has 2 rings (SSSR count). The number of hydrogen-bond acceptors (Lipinski definition) is 3. The molecule has 0 saturated heterocycles. The van der Waals surface area contributed by atoms with E-state index in [2.05, 4.69) is 10.3 Å². The van der Waals surface area contributed by atoms with Gasteiger partial charge in [0.1, 0.15) is 0 Å². The molecule has 0 fully saturated rings. The Kier molecular flexibility index (Phi) is 5.92. The first-order chi connectivity index (χ1) is 10.6. The molecular weight excluding hydrogens is 300 g/mol. The smallest absolute Gasteiger partial charge is 0.252 e. The molecule has 22 heavy (non-hydrogen) atoms. The molecule has 1 aromatic carbocycles. The second kappa shape index (κ2) is 7.92. The second-order valence-corrected chi connectivity index (χ2v) is 5.51. The van der Waals surface area contributed by atoms with E-state index in [0.717, 1.165) is 11.1 Å². The second-order valence-electron chi connectivity index (χ2n) is 5.08. The predicted octanol–water partition coefficient (Wildman–Crippen LogP) is 3.29. The number of carbonyl (C=O) groups is 1. The number of pyridine rings is 1. The van der Waals surface area contributed by atoms with Crippen LogP contribution in [0.2, 0.25) is 5.02 Å². The zero-order chi connectivity index (χ0) is 15.9. The highest BCUT2D eigenvalue weighted by Gasteiger charge is 2.08. The van der Waals surface area contributed by atoms with Crippen molar-refractivity contribution in [1.29, 1.82) is 0 Å². The average molecular weight is 319 g/mol. The standard InChI is InChI=1S/C17H19ClN2O2/c1-2-16(21)7-8-20-17(22)14-9-13(10-19-11-14)12-3-5-15(18)6-4-12/h3-6,9-11,16,21H,2,7-8H2,1H3,(H,20,22). The Hall–Kier alpha value is -1.91. The van der Waals surface area contributed by atoms with E-state index in [4.69, 9.17) is 11.6 Å². The molecule has 0 bridgehead atoms. The van der Waals surface area contributed by atoms with Crippen LogP contribution in [-0.2, 0) is 0 Å². The van der Waals surface area contributed by atoms with E-state index in [9.17, 15) is 9.90 Å². The van der Waals surface area contributed by atoms with E-state index in [0.29, 0.717) is 30.0 Å². The van der Waals surface area contributed by atoms with Crippen LogP contribution in [0.15, 0.2) is 42.7 Å². The third kappa shape index (κ3) is 4.55. The molecule has 4 nitrogen and oxygen atoms in total. The summed E-state index contributed by atoms with van der Waals surface area (Å²) in [6.07, 6.45) is 4.10. The largest absolute Gasteiger partial charge is 0.393 e. The molecule has 0 aliphatic rings. The Labute approximate surface area is 135 Å². The number of rotatable bonds is 6. The van der Waals surface area contributed by atoms with Gasteiger partial charge in [-0.05, 0) is 36.6 Å². The highest BCUT2D eigenvalue weighted by molar-refractivity contribution is 6.30. The Bertz CT molecular complexity index is 629. The summed E-state index contributed by atoms with van der Waals surface area (Å²) in [6, 6.07) is 9.17. The summed E-state index contributed by atoms with van der Waals surface area (Å²) in [5, 5.41) is 12.9. The molecule has 116 valence electrons. The van der Waals surface area contributed by atoms with Gasteiger partial charge in [-0.2, -0.15) is 0 Å².